The quantitative estimate of drug-likeness (QED) is 0.829. The van der Waals surface area contributed by atoms with E-state index in [9.17, 15) is 31.1 Å². The predicted molar refractivity (Wildman–Crippen MR) is 68.6 cm³/mol. The Kier molecular flexibility index (Phi) is 4.31. The number of amides is 1. The van der Waals surface area contributed by atoms with Gasteiger partial charge >= 0.3 is 12.4 Å². The molecule has 0 aliphatic heterocycles. The van der Waals surface area contributed by atoms with Crippen molar-refractivity contribution < 1.29 is 31.1 Å². The number of halogens is 6. The number of rotatable bonds is 2. The van der Waals surface area contributed by atoms with Crippen LogP contribution < -0.4 is 5.32 Å². The molecule has 0 unspecified atom stereocenters. The van der Waals surface area contributed by atoms with Gasteiger partial charge in [-0.1, -0.05) is 0 Å². The van der Waals surface area contributed by atoms with Crippen molar-refractivity contribution in [1.29, 1.82) is 0 Å². The minimum Gasteiger partial charge on any atom is -0.307 e. The van der Waals surface area contributed by atoms with Gasteiger partial charge in [0.25, 0.3) is 5.91 Å². The Morgan fingerprint density at radius 2 is 1.35 bits per heavy atom. The van der Waals surface area contributed by atoms with Crippen LogP contribution in [0.5, 0.6) is 0 Å². The number of nitrogens with one attached hydrogen (secondary N) is 1. The number of pyridine rings is 1. The lowest BCUT2D eigenvalue weighted by molar-refractivity contribution is -0.138. The highest BCUT2D eigenvalue weighted by Gasteiger charge is 2.31. The van der Waals surface area contributed by atoms with Crippen LogP contribution in [-0.2, 0) is 12.4 Å². The first-order chi connectivity index (χ1) is 10.6. The minimum atomic E-state index is -4.55. The molecule has 3 nitrogen and oxygen atoms in total. The number of anilines is 1. The zero-order valence-corrected chi connectivity index (χ0v) is 11.2. The van der Waals surface area contributed by atoms with Gasteiger partial charge in [0.2, 0.25) is 0 Å². The van der Waals surface area contributed by atoms with E-state index in [-0.39, 0.29) is 11.4 Å². The topological polar surface area (TPSA) is 42.0 Å². The van der Waals surface area contributed by atoms with Gasteiger partial charge in [0.1, 0.15) is 5.82 Å². The van der Waals surface area contributed by atoms with Crippen LogP contribution in [0.15, 0.2) is 42.6 Å². The maximum atomic E-state index is 12.4. The molecule has 2 aromatic rings. The molecular formula is C14H8F6N2O. The van der Waals surface area contributed by atoms with E-state index in [4.69, 9.17) is 0 Å². The van der Waals surface area contributed by atoms with E-state index >= 15 is 0 Å². The second kappa shape index (κ2) is 5.90. The average molecular weight is 334 g/mol. The number of carbonyl (C=O) groups excluding carboxylic acids is 1. The molecule has 9 heteroatoms. The SMILES string of the molecule is O=C(Nc1ccc(C(F)(F)F)cn1)c1ccc(C(F)(F)F)cc1. The maximum absolute atomic E-state index is 12.4. The van der Waals surface area contributed by atoms with Gasteiger partial charge in [-0.25, -0.2) is 4.98 Å². The highest BCUT2D eigenvalue weighted by atomic mass is 19.4. The number of aromatic nitrogens is 1. The van der Waals surface area contributed by atoms with Crippen LogP contribution in [0.25, 0.3) is 0 Å². The lowest BCUT2D eigenvalue weighted by Crippen LogP contribution is -2.14. The van der Waals surface area contributed by atoms with Gasteiger partial charge in [-0.05, 0) is 36.4 Å². The lowest BCUT2D eigenvalue weighted by Gasteiger charge is -2.09. The minimum absolute atomic E-state index is 0.0836. The molecule has 0 spiro atoms. The summed E-state index contributed by atoms with van der Waals surface area (Å²) in [4.78, 5) is 15.2. The van der Waals surface area contributed by atoms with Crippen molar-refractivity contribution in [2.24, 2.45) is 0 Å². The van der Waals surface area contributed by atoms with Crippen LogP contribution in [0.2, 0.25) is 0 Å². The molecule has 0 radical (unpaired) electrons. The van der Waals surface area contributed by atoms with Crippen LogP contribution in [0.4, 0.5) is 32.2 Å². The summed E-state index contributed by atoms with van der Waals surface area (Å²) in [6.07, 6.45) is -8.53. The van der Waals surface area contributed by atoms with Crippen molar-refractivity contribution in [3.63, 3.8) is 0 Å². The summed E-state index contributed by atoms with van der Waals surface area (Å²) in [6.45, 7) is 0. The van der Waals surface area contributed by atoms with Gasteiger partial charge in [-0.15, -0.1) is 0 Å². The first-order valence-corrected chi connectivity index (χ1v) is 6.09. The van der Waals surface area contributed by atoms with Crippen LogP contribution in [0, 0.1) is 0 Å². The predicted octanol–water partition coefficient (Wildman–Crippen LogP) is 4.37. The Morgan fingerprint density at radius 1 is 0.826 bits per heavy atom. The van der Waals surface area contributed by atoms with E-state index in [0.29, 0.717) is 6.20 Å². The van der Waals surface area contributed by atoms with Gasteiger partial charge in [-0.3, -0.25) is 4.79 Å². The van der Waals surface area contributed by atoms with Gasteiger partial charge in [0, 0.05) is 11.8 Å². The Morgan fingerprint density at radius 3 is 1.78 bits per heavy atom. The number of alkyl halides is 6. The first kappa shape index (κ1) is 16.8. The van der Waals surface area contributed by atoms with Gasteiger partial charge in [-0.2, -0.15) is 26.3 Å². The molecule has 23 heavy (non-hydrogen) atoms. The van der Waals surface area contributed by atoms with E-state index in [1.165, 1.54) is 0 Å². The summed E-state index contributed by atoms with van der Waals surface area (Å²) < 4.78 is 74.3. The molecule has 1 aromatic heterocycles. The Labute approximate surface area is 126 Å². The summed E-state index contributed by atoms with van der Waals surface area (Å²) in [5, 5.41) is 2.20. The number of hydrogen-bond donors (Lipinski definition) is 1. The molecular weight excluding hydrogens is 326 g/mol. The van der Waals surface area contributed by atoms with Crippen LogP contribution in [0.3, 0.4) is 0 Å². The van der Waals surface area contributed by atoms with E-state index in [1.54, 1.807) is 0 Å². The van der Waals surface area contributed by atoms with Crippen molar-refractivity contribution in [1.82, 2.24) is 4.98 Å². The normalized spacial score (nSPS) is 12.1. The zero-order chi connectivity index (χ0) is 17.3. The van der Waals surface area contributed by atoms with Crippen molar-refractivity contribution in [2.45, 2.75) is 12.4 Å². The zero-order valence-electron chi connectivity index (χ0n) is 11.2. The standard InChI is InChI=1S/C14H8F6N2O/c15-13(16,17)9-3-1-8(2-4-9)12(23)22-11-6-5-10(7-21-11)14(18,19)20/h1-7H,(H,21,22,23). The molecule has 1 amide bonds. The van der Waals surface area contributed by atoms with Crippen molar-refractivity contribution in [2.75, 3.05) is 5.32 Å². The summed E-state index contributed by atoms with van der Waals surface area (Å²) in [7, 11) is 0. The fourth-order valence-electron chi connectivity index (χ4n) is 1.63. The smallest absolute Gasteiger partial charge is 0.307 e. The molecule has 0 aliphatic carbocycles. The highest BCUT2D eigenvalue weighted by Crippen LogP contribution is 2.30. The number of nitrogens with zero attached hydrogens (tertiary/aromatic N) is 1. The molecule has 0 aliphatic rings. The molecule has 2 rings (SSSR count). The summed E-state index contributed by atoms with van der Waals surface area (Å²) in [5.74, 6) is -0.936. The number of hydrogen-bond acceptors (Lipinski definition) is 2. The number of carbonyl (C=O) groups is 1. The van der Waals surface area contributed by atoms with Crippen molar-refractivity contribution in [3.8, 4) is 0 Å². The molecule has 0 bridgehead atoms. The van der Waals surface area contributed by atoms with Crippen LogP contribution in [0.1, 0.15) is 21.5 Å². The molecule has 0 fully saturated rings. The molecule has 1 heterocycles. The third kappa shape index (κ3) is 4.21. The second-order valence-electron chi connectivity index (χ2n) is 4.46. The van der Waals surface area contributed by atoms with Crippen molar-refractivity contribution >= 4 is 11.7 Å². The Hall–Kier alpha value is -2.58. The van der Waals surface area contributed by atoms with Gasteiger partial charge in [0.15, 0.2) is 0 Å². The lowest BCUT2D eigenvalue weighted by atomic mass is 10.1. The average Bonchev–Trinajstić information content (AvgIpc) is 2.46. The van der Waals surface area contributed by atoms with Crippen LogP contribution in [-0.4, -0.2) is 10.9 Å². The van der Waals surface area contributed by atoms with E-state index in [1.807, 2.05) is 0 Å². The van der Waals surface area contributed by atoms with E-state index in [0.717, 1.165) is 36.4 Å². The summed E-state index contributed by atoms with van der Waals surface area (Å²) >= 11 is 0. The van der Waals surface area contributed by atoms with Gasteiger partial charge < -0.3 is 5.32 Å². The molecule has 1 N–H and O–H groups in total. The summed E-state index contributed by atoms with van der Waals surface area (Å²) in [5.41, 5.74) is -1.98. The highest BCUT2D eigenvalue weighted by molar-refractivity contribution is 6.03. The summed E-state index contributed by atoms with van der Waals surface area (Å²) in [6, 6.07) is 5.06. The van der Waals surface area contributed by atoms with Crippen LogP contribution >= 0.6 is 0 Å². The molecule has 1 aromatic carbocycles. The third-order valence-corrected chi connectivity index (χ3v) is 2.81. The van der Waals surface area contributed by atoms with Gasteiger partial charge in [0.05, 0.1) is 11.1 Å². The number of benzene rings is 1. The largest absolute Gasteiger partial charge is 0.417 e. The Bertz CT molecular complexity index is 689. The second-order valence-corrected chi connectivity index (χ2v) is 4.46. The van der Waals surface area contributed by atoms with E-state index < -0.39 is 29.4 Å². The third-order valence-electron chi connectivity index (χ3n) is 2.81. The van der Waals surface area contributed by atoms with E-state index in [2.05, 4.69) is 10.3 Å². The molecule has 0 saturated heterocycles. The molecule has 122 valence electrons. The molecule has 0 atom stereocenters. The fraction of sp³-hybridized carbons (Fsp3) is 0.143. The Balaban J connectivity index is 2.10. The maximum Gasteiger partial charge on any atom is 0.417 e. The first-order valence-electron chi connectivity index (χ1n) is 6.09. The monoisotopic (exact) mass is 334 g/mol. The fourth-order valence-corrected chi connectivity index (χ4v) is 1.63. The molecule has 0 saturated carbocycles. The van der Waals surface area contributed by atoms with Crippen molar-refractivity contribution in [3.05, 3.63) is 59.3 Å².